The summed E-state index contributed by atoms with van der Waals surface area (Å²) in [6, 6.07) is 9.81. The van der Waals surface area contributed by atoms with Gasteiger partial charge in [0.25, 0.3) is 5.91 Å². The Hall–Kier alpha value is -2.34. The number of ether oxygens (including phenoxy) is 1. The number of carbonyl (C=O) groups excluding carboxylic acids is 2. The fourth-order valence-electron chi connectivity index (χ4n) is 3.14. The van der Waals surface area contributed by atoms with Gasteiger partial charge in [-0.25, -0.2) is 0 Å². The Labute approximate surface area is 158 Å². The third-order valence-corrected chi connectivity index (χ3v) is 5.44. The first kappa shape index (κ1) is 18.5. The standard InChI is InChI=1S/C20H24N2O3S/c1-25-18-5-2-15(3-6-18)4-7-19(23)22-11-8-17(9-12-22)21-20(24)16-10-13-26-14-16/h2-3,5-6,10,13-14,17H,4,7-9,11-12H2,1H3,(H,21,24). The number of piperidine rings is 1. The molecule has 0 atom stereocenters. The third-order valence-electron chi connectivity index (χ3n) is 4.75. The number of hydrogen-bond acceptors (Lipinski definition) is 4. The maximum Gasteiger partial charge on any atom is 0.252 e. The molecule has 6 heteroatoms. The highest BCUT2D eigenvalue weighted by Crippen LogP contribution is 2.16. The number of carbonyl (C=O) groups is 2. The number of hydrogen-bond donors (Lipinski definition) is 1. The summed E-state index contributed by atoms with van der Waals surface area (Å²) < 4.78 is 5.15. The summed E-state index contributed by atoms with van der Waals surface area (Å²) in [5.74, 6) is 0.991. The molecule has 3 rings (SSSR count). The van der Waals surface area contributed by atoms with Gasteiger partial charge in [0.2, 0.25) is 5.91 Å². The molecule has 1 aromatic heterocycles. The highest BCUT2D eigenvalue weighted by atomic mass is 32.1. The summed E-state index contributed by atoms with van der Waals surface area (Å²) in [5, 5.41) is 6.82. The molecule has 1 aliphatic heterocycles. The van der Waals surface area contributed by atoms with Crippen LogP contribution in [0.4, 0.5) is 0 Å². The van der Waals surface area contributed by atoms with Gasteiger partial charge in [0.15, 0.2) is 0 Å². The van der Waals surface area contributed by atoms with Crippen LogP contribution in [0.2, 0.25) is 0 Å². The van der Waals surface area contributed by atoms with Crippen LogP contribution in [0.1, 0.15) is 35.2 Å². The van der Waals surface area contributed by atoms with E-state index in [-0.39, 0.29) is 17.9 Å². The Morgan fingerprint density at radius 1 is 1.19 bits per heavy atom. The minimum Gasteiger partial charge on any atom is -0.497 e. The summed E-state index contributed by atoms with van der Waals surface area (Å²) in [6.07, 6.45) is 2.87. The van der Waals surface area contributed by atoms with Crippen LogP contribution in [-0.4, -0.2) is 43.0 Å². The van der Waals surface area contributed by atoms with Crippen molar-refractivity contribution in [3.63, 3.8) is 0 Å². The predicted molar refractivity (Wildman–Crippen MR) is 103 cm³/mol. The first-order chi connectivity index (χ1) is 12.7. The molecule has 1 fully saturated rings. The lowest BCUT2D eigenvalue weighted by atomic mass is 10.0. The van der Waals surface area contributed by atoms with E-state index in [1.165, 1.54) is 11.3 Å². The Kier molecular flexibility index (Phi) is 6.28. The SMILES string of the molecule is COc1ccc(CCC(=O)N2CCC(NC(=O)c3ccsc3)CC2)cc1. The van der Waals surface area contributed by atoms with E-state index >= 15 is 0 Å². The summed E-state index contributed by atoms with van der Waals surface area (Å²) >= 11 is 1.52. The van der Waals surface area contributed by atoms with E-state index < -0.39 is 0 Å². The summed E-state index contributed by atoms with van der Waals surface area (Å²) in [6.45, 7) is 1.41. The van der Waals surface area contributed by atoms with E-state index in [9.17, 15) is 9.59 Å². The van der Waals surface area contributed by atoms with Crippen molar-refractivity contribution < 1.29 is 14.3 Å². The number of rotatable bonds is 6. The summed E-state index contributed by atoms with van der Waals surface area (Å²) in [4.78, 5) is 26.4. The van der Waals surface area contributed by atoms with Crippen molar-refractivity contribution in [2.24, 2.45) is 0 Å². The van der Waals surface area contributed by atoms with Gasteiger partial charge in [-0.15, -0.1) is 0 Å². The van der Waals surface area contributed by atoms with Gasteiger partial charge in [-0.2, -0.15) is 11.3 Å². The summed E-state index contributed by atoms with van der Waals surface area (Å²) in [5.41, 5.74) is 1.85. The molecule has 0 saturated carbocycles. The molecule has 0 unspecified atom stereocenters. The molecule has 1 saturated heterocycles. The number of amides is 2. The molecule has 1 aromatic carbocycles. The fourth-order valence-corrected chi connectivity index (χ4v) is 3.77. The highest BCUT2D eigenvalue weighted by Gasteiger charge is 2.24. The van der Waals surface area contributed by atoms with Crippen LogP contribution in [-0.2, 0) is 11.2 Å². The van der Waals surface area contributed by atoms with Gasteiger partial charge in [0, 0.05) is 36.5 Å². The molecule has 5 nitrogen and oxygen atoms in total. The molecular weight excluding hydrogens is 348 g/mol. The second kappa shape index (κ2) is 8.85. The maximum atomic E-state index is 12.4. The van der Waals surface area contributed by atoms with E-state index in [4.69, 9.17) is 4.74 Å². The average molecular weight is 372 g/mol. The first-order valence-corrected chi connectivity index (χ1v) is 9.84. The number of nitrogens with zero attached hydrogens (tertiary/aromatic N) is 1. The van der Waals surface area contributed by atoms with Crippen LogP contribution in [0.3, 0.4) is 0 Å². The lowest BCUT2D eigenvalue weighted by Crippen LogP contribution is -2.46. The van der Waals surface area contributed by atoms with Crippen LogP contribution >= 0.6 is 11.3 Å². The Bertz CT molecular complexity index is 720. The Morgan fingerprint density at radius 2 is 1.92 bits per heavy atom. The Balaban J connectivity index is 1.41. The molecule has 0 spiro atoms. The van der Waals surface area contributed by atoms with E-state index in [0.717, 1.165) is 30.6 Å². The van der Waals surface area contributed by atoms with Crippen LogP contribution in [0, 0.1) is 0 Å². The van der Waals surface area contributed by atoms with Crippen LogP contribution in [0.25, 0.3) is 0 Å². The van der Waals surface area contributed by atoms with Gasteiger partial charge in [-0.05, 0) is 48.4 Å². The lowest BCUT2D eigenvalue weighted by Gasteiger charge is -2.32. The average Bonchev–Trinajstić information content (AvgIpc) is 3.22. The zero-order valence-corrected chi connectivity index (χ0v) is 15.8. The van der Waals surface area contributed by atoms with Crippen molar-refractivity contribution in [3.05, 3.63) is 52.2 Å². The zero-order chi connectivity index (χ0) is 18.4. The molecule has 0 aliphatic carbocycles. The van der Waals surface area contributed by atoms with Crippen molar-refractivity contribution in [2.45, 2.75) is 31.7 Å². The topological polar surface area (TPSA) is 58.6 Å². The minimum absolute atomic E-state index is 0.0180. The Morgan fingerprint density at radius 3 is 2.54 bits per heavy atom. The zero-order valence-electron chi connectivity index (χ0n) is 14.9. The molecule has 2 aromatic rings. The largest absolute Gasteiger partial charge is 0.497 e. The van der Waals surface area contributed by atoms with Crippen LogP contribution in [0.5, 0.6) is 5.75 Å². The molecule has 138 valence electrons. The second-order valence-corrected chi connectivity index (χ2v) is 7.27. The molecular formula is C20H24N2O3S. The molecule has 0 bridgehead atoms. The number of benzene rings is 1. The van der Waals surface area contributed by atoms with Crippen molar-refractivity contribution in [3.8, 4) is 5.75 Å². The third kappa shape index (κ3) is 4.85. The number of aryl methyl sites for hydroxylation is 1. The van der Waals surface area contributed by atoms with Crippen LogP contribution < -0.4 is 10.1 Å². The van der Waals surface area contributed by atoms with Gasteiger partial charge in [-0.1, -0.05) is 12.1 Å². The van der Waals surface area contributed by atoms with Crippen molar-refractivity contribution in [1.82, 2.24) is 10.2 Å². The number of nitrogens with one attached hydrogen (secondary N) is 1. The molecule has 2 amide bonds. The summed E-state index contributed by atoms with van der Waals surface area (Å²) in [7, 11) is 1.64. The van der Waals surface area contributed by atoms with E-state index in [1.807, 2.05) is 46.0 Å². The van der Waals surface area contributed by atoms with E-state index in [2.05, 4.69) is 5.32 Å². The van der Waals surface area contributed by atoms with Gasteiger partial charge in [0.1, 0.15) is 5.75 Å². The van der Waals surface area contributed by atoms with E-state index in [1.54, 1.807) is 7.11 Å². The molecule has 26 heavy (non-hydrogen) atoms. The maximum absolute atomic E-state index is 12.4. The monoisotopic (exact) mass is 372 g/mol. The van der Waals surface area contributed by atoms with Gasteiger partial charge in [0.05, 0.1) is 7.11 Å². The quantitative estimate of drug-likeness (QED) is 0.848. The number of likely N-dealkylation sites (tertiary alicyclic amines) is 1. The number of thiophene rings is 1. The smallest absolute Gasteiger partial charge is 0.252 e. The van der Waals surface area contributed by atoms with Crippen LogP contribution in [0.15, 0.2) is 41.1 Å². The normalized spacial score (nSPS) is 14.9. The van der Waals surface area contributed by atoms with Crippen molar-refractivity contribution in [1.29, 1.82) is 0 Å². The lowest BCUT2D eigenvalue weighted by molar-refractivity contribution is -0.132. The van der Waals surface area contributed by atoms with Gasteiger partial charge in [-0.3, -0.25) is 9.59 Å². The van der Waals surface area contributed by atoms with E-state index in [0.29, 0.717) is 25.1 Å². The molecule has 1 N–H and O–H groups in total. The molecule has 0 radical (unpaired) electrons. The molecule has 2 heterocycles. The second-order valence-electron chi connectivity index (χ2n) is 6.49. The predicted octanol–water partition coefficient (Wildman–Crippen LogP) is 3.11. The number of methoxy groups -OCH3 is 1. The molecule has 1 aliphatic rings. The minimum atomic E-state index is -0.0180. The fraction of sp³-hybridized carbons (Fsp3) is 0.400. The van der Waals surface area contributed by atoms with Gasteiger partial charge < -0.3 is 15.0 Å². The van der Waals surface area contributed by atoms with Gasteiger partial charge >= 0.3 is 0 Å². The van der Waals surface area contributed by atoms with Crippen molar-refractivity contribution >= 4 is 23.2 Å². The highest BCUT2D eigenvalue weighted by molar-refractivity contribution is 7.08. The first-order valence-electron chi connectivity index (χ1n) is 8.89. The van der Waals surface area contributed by atoms with Crippen molar-refractivity contribution in [2.75, 3.05) is 20.2 Å².